The summed E-state index contributed by atoms with van der Waals surface area (Å²) in [6.45, 7) is 0.796. The van der Waals surface area contributed by atoms with Crippen molar-refractivity contribution in [1.82, 2.24) is 9.88 Å². The van der Waals surface area contributed by atoms with Crippen LogP contribution in [-0.2, 0) is 15.3 Å². The molecule has 1 aliphatic carbocycles. The van der Waals surface area contributed by atoms with Gasteiger partial charge in [-0.3, -0.25) is 9.78 Å². The number of hydrogen-bond acceptors (Lipinski definition) is 5. The molecular weight excluding hydrogens is 441 g/mol. The SMILES string of the molecule is N#CC1(c2ccc(-c3c(C(=O)N4CC5(C4)CS(=O)(=O)C5)cnc4ccc(F)cc34)cc2)CC1. The number of nitriles is 1. The highest BCUT2D eigenvalue weighted by molar-refractivity contribution is 7.92. The first-order valence-electron chi connectivity index (χ1n) is 10.8. The van der Waals surface area contributed by atoms with Crippen LogP contribution >= 0.6 is 0 Å². The molecule has 2 aromatic carbocycles. The molecule has 1 saturated carbocycles. The maximum absolute atomic E-state index is 14.2. The molecule has 1 aromatic heterocycles. The van der Waals surface area contributed by atoms with Gasteiger partial charge in [0.25, 0.3) is 5.91 Å². The van der Waals surface area contributed by atoms with Crippen LogP contribution in [0.5, 0.6) is 0 Å². The van der Waals surface area contributed by atoms with Gasteiger partial charge in [0.05, 0.1) is 34.1 Å². The third kappa shape index (κ3) is 3.14. The average molecular weight is 462 g/mol. The zero-order chi connectivity index (χ0) is 23.0. The summed E-state index contributed by atoms with van der Waals surface area (Å²) in [4.78, 5) is 19.5. The van der Waals surface area contributed by atoms with E-state index in [9.17, 15) is 22.9 Å². The van der Waals surface area contributed by atoms with Gasteiger partial charge in [0.1, 0.15) is 5.82 Å². The number of sulfone groups is 1. The number of aromatic nitrogens is 1. The van der Waals surface area contributed by atoms with Crippen LogP contribution in [0.3, 0.4) is 0 Å². The first-order valence-corrected chi connectivity index (χ1v) is 12.7. The maximum Gasteiger partial charge on any atom is 0.256 e. The van der Waals surface area contributed by atoms with E-state index in [-0.39, 0.29) is 22.8 Å². The highest BCUT2D eigenvalue weighted by Gasteiger charge is 2.57. The molecule has 2 saturated heterocycles. The van der Waals surface area contributed by atoms with E-state index in [1.165, 1.54) is 18.3 Å². The molecule has 1 amide bonds. The van der Waals surface area contributed by atoms with Crippen LogP contribution in [0.15, 0.2) is 48.7 Å². The molecule has 33 heavy (non-hydrogen) atoms. The molecule has 3 heterocycles. The second-order valence-corrected chi connectivity index (χ2v) is 11.7. The Labute approximate surface area is 190 Å². The number of nitrogens with zero attached hydrogens (tertiary/aromatic N) is 3. The van der Waals surface area contributed by atoms with Crippen molar-refractivity contribution >= 4 is 26.6 Å². The average Bonchev–Trinajstić information content (AvgIpc) is 3.56. The maximum atomic E-state index is 14.2. The van der Waals surface area contributed by atoms with E-state index in [0.29, 0.717) is 35.1 Å². The van der Waals surface area contributed by atoms with E-state index >= 15 is 0 Å². The van der Waals surface area contributed by atoms with E-state index in [2.05, 4.69) is 11.1 Å². The normalized spacial score (nSPS) is 21.2. The third-order valence-corrected chi connectivity index (χ3v) is 9.25. The molecule has 0 unspecified atom stereocenters. The standard InChI is InChI=1S/C25H20FN3O3S/c26-18-5-6-21-19(9-18)22(16-1-3-17(4-2-16)25(11-27)7-8-25)20(10-28-21)23(30)29-12-24(13-29)14-33(31,32)15-24/h1-6,9-10H,7-8,12-15H2. The van der Waals surface area contributed by atoms with E-state index in [4.69, 9.17) is 0 Å². The molecule has 0 atom stereocenters. The topological polar surface area (TPSA) is 91.1 Å². The first kappa shape index (κ1) is 20.3. The van der Waals surface area contributed by atoms with Crippen molar-refractivity contribution in [3.05, 3.63) is 65.6 Å². The van der Waals surface area contributed by atoms with Gasteiger partial charge in [0, 0.05) is 35.7 Å². The van der Waals surface area contributed by atoms with Crippen molar-refractivity contribution in [1.29, 1.82) is 5.26 Å². The van der Waals surface area contributed by atoms with E-state index in [1.807, 2.05) is 24.3 Å². The summed E-state index contributed by atoms with van der Waals surface area (Å²) >= 11 is 0. The summed E-state index contributed by atoms with van der Waals surface area (Å²) in [7, 11) is -2.98. The summed E-state index contributed by atoms with van der Waals surface area (Å²) in [6, 6.07) is 14.3. The minimum absolute atomic E-state index is 0.125. The van der Waals surface area contributed by atoms with Crippen LogP contribution < -0.4 is 0 Å². The third-order valence-electron chi connectivity index (χ3n) is 7.14. The summed E-state index contributed by atoms with van der Waals surface area (Å²) in [5.74, 6) is -0.408. The highest BCUT2D eigenvalue weighted by atomic mass is 32.2. The molecule has 8 heteroatoms. The molecule has 0 bridgehead atoms. The number of likely N-dealkylation sites (tertiary alicyclic amines) is 1. The summed E-state index contributed by atoms with van der Waals surface area (Å²) < 4.78 is 37.4. The molecule has 3 fully saturated rings. The quantitative estimate of drug-likeness (QED) is 0.596. The smallest absolute Gasteiger partial charge is 0.256 e. The van der Waals surface area contributed by atoms with Crippen LogP contribution in [-0.4, -0.2) is 48.8 Å². The van der Waals surface area contributed by atoms with Gasteiger partial charge in [-0.25, -0.2) is 12.8 Å². The Hall–Kier alpha value is -3.31. The van der Waals surface area contributed by atoms with Gasteiger partial charge in [-0.15, -0.1) is 0 Å². The second-order valence-electron chi connectivity index (χ2n) is 9.67. The lowest BCUT2D eigenvalue weighted by molar-refractivity contribution is 0.0202. The molecule has 6 nitrogen and oxygen atoms in total. The minimum Gasteiger partial charge on any atom is -0.337 e. The van der Waals surface area contributed by atoms with Gasteiger partial charge in [-0.2, -0.15) is 5.26 Å². The number of halogens is 1. The van der Waals surface area contributed by atoms with E-state index in [0.717, 1.165) is 24.0 Å². The number of pyridine rings is 1. The predicted molar refractivity (Wildman–Crippen MR) is 121 cm³/mol. The molecule has 0 N–H and O–H groups in total. The number of fused-ring (bicyclic) bond motifs is 1. The largest absolute Gasteiger partial charge is 0.337 e. The molecule has 166 valence electrons. The Morgan fingerprint density at radius 2 is 1.79 bits per heavy atom. The van der Waals surface area contributed by atoms with E-state index in [1.54, 1.807) is 11.0 Å². The number of carbonyl (C=O) groups is 1. The first-order chi connectivity index (χ1) is 15.7. The van der Waals surface area contributed by atoms with Crippen LogP contribution in [0.1, 0.15) is 28.8 Å². The van der Waals surface area contributed by atoms with Crippen LogP contribution in [0, 0.1) is 22.6 Å². The fourth-order valence-corrected chi connectivity index (χ4v) is 7.48. The Bertz CT molecular complexity index is 1470. The molecule has 6 rings (SSSR count). The fraction of sp³-hybridized carbons (Fsp3) is 0.320. The molecular formula is C25H20FN3O3S. The number of carbonyl (C=O) groups excluding carboxylic acids is 1. The second kappa shape index (κ2) is 6.61. The van der Waals surface area contributed by atoms with Crippen molar-refractivity contribution in [2.75, 3.05) is 24.6 Å². The van der Waals surface area contributed by atoms with Gasteiger partial charge in [0.2, 0.25) is 0 Å². The molecule has 3 aromatic rings. The monoisotopic (exact) mass is 461 g/mol. The Morgan fingerprint density at radius 3 is 2.39 bits per heavy atom. The Morgan fingerprint density at radius 1 is 1.09 bits per heavy atom. The van der Waals surface area contributed by atoms with Crippen molar-refractivity contribution in [2.45, 2.75) is 18.3 Å². The van der Waals surface area contributed by atoms with E-state index < -0.39 is 21.1 Å². The number of hydrogen-bond donors (Lipinski definition) is 0. The zero-order valence-corrected chi connectivity index (χ0v) is 18.5. The molecule has 1 spiro atoms. The van der Waals surface area contributed by atoms with Gasteiger partial charge in [-0.1, -0.05) is 24.3 Å². The Kier molecular flexibility index (Phi) is 4.07. The van der Waals surface area contributed by atoms with Crippen LogP contribution in [0.2, 0.25) is 0 Å². The number of benzene rings is 2. The van der Waals surface area contributed by atoms with Crippen LogP contribution in [0.4, 0.5) is 4.39 Å². The predicted octanol–water partition coefficient (Wildman–Crippen LogP) is 3.47. The number of rotatable bonds is 3. The Balaban J connectivity index is 1.41. The summed E-state index contributed by atoms with van der Waals surface area (Å²) in [5, 5.41) is 10.0. The van der Waals surface area contributed by atoms with Gasteiger partial charge >= 0.3 is 0 Å². The summed E-state index contributed by atoms with van der Waals surface area (Å²) in [5.41, 5.74) is 2.49. The lowest BCUT2D eigenvalue weighted by atomic mass is 9.82. The van der Waals surface area contributed by atoms with Gasteiger partial charge in [-0.05, 0) is 42.2 Å². The van der Waals surface area contributed by atoms with Crippen molar-refractivity contribution in [3.63, 3.8) is 0 Å². The van der Waals surface area contributed by atoms with Crippen molar-refractivity contribution in [2.24, 2.45) is 5.41 Å². The molecule has 0 radical (unpaired) electrons. The van der Waals surface area contributed by atoms with Crippen molar-refractivity contribution in [3.8, 4) is 17.2 Å². The fourth-order valence-electron chi connectivity index (χ4n) is 5.33. The molecule has 3 aliphatic rings. The molecule has 2 aliphatic heterocycles. The minimum atomic E-state index is -2.98. The van der Waals surface area contributed by atoms with Crippen LogP contribution in [0.25, 0.3) is 22.0 Å². The van der Waals surface area contributed by atoms with Crippen molar-refractivity contribution < 1.29 is 17.6 Å². The highest BCUT2D eigenvalue weighted by Crippen LogP contribution is 2.48. The van der Waals surface area contributed by atoms with Gasteiger partial charge in [0.15, 0.2) is 9.84 Å². The van der Waals surface area contributed by atoms with Gasteiger partial charge < -0.3 is 4.90 Å². The zero-order valence-electron chi connectivity index (χ0n) is 17.7. The lowest BCUT2D eigenvalue weighted by Crippen LogP contribution is -2.69. The lowest BCUT2D eigenvalue weighted by Gasteiger charge is -2.54. The number of amides is 1. The summed E-state index contributed by atoms with van der Waals surface area (Å²) in [6.07, 6.45) is 3.19.